The van der Waals surface area contributed by atoms with Crippen LogP contribution in [0.4, 0.5) is 17.1 Å². The van der Waals surface area contributed by atoms with Gasteiger partial charge in [-0.2, -0.15) is 0 Å². The van der Waals surface area contributed by atoms with Crippen molar-refractivity contribution in [3.63, 3.8) is 0 Å². The Hall–Kier alpha value is -6.18. The van der Waals surface area contributed by atoms with Crippen molar-refractivity contribution in [3.8, 4) is 0 Å². The molecule has 0 aliphatic rings. The molecule has 0 heterocycles. The fourth-order valence-electron chi connectivity index (χ4n) is 3.48. The number of ether oxygens (including phenoxy) is 3. The molecule has 0 spiro atoms. The number of halogens is 2. The zero-order valence-corrected chi connectivity index (χ0v) is 33.6. The summed E-state index contributed by atoms with van der Waals surface area (Å²) in [5, 5.41) is 22.8. The Balaban J connectivity index is -0.000000682. The van der Waals surface area contributed by atoms with Gasteiger partial charge in [-0.25, -0.2) is 0 Å². The number of rotatable bonds is 11. The SMILES string of the molecule is CC.CNCC(=O)OC.COC(=O)CN(C)C(=O)c1cccc(N)c1.COC(=O)CN(C)C(=O)c1cccc([N+](=O)[O-])c1.Cl.O=C(Cl)c1cccc([N+](=O)[O-])c1. The van der Waals surface area contributed by atoms with Crippen LogP contribution >= 0.6 is 24.0 Å². The number of methoxy groups -OCH3 is 3. The number of nitro groups is 2. The van der Waals surface area contributed by atoms with E-state index in [-0.39, 0.29) is 66.4 Å². The number of non-ortho nitro benzene ring substituents is 2. The zero-order valence-electron chi connectivity index (χ0n) is 32.0. The Morgan fingerprint density at radius 2 is 1.04 bits per heavy atom. The Bertz CT molecular complexity index is 1730. The van der Waals surface area contributed by atoms with Crippen LogP contribution in [-0.4, -0.2) is 117 Å². The Morgan fingerprint density at radius 3 is 1.36 bits per heavy atom. The van der Waals surface area contributed by atoms with Gasteiger partial charge in [-0.15, -0.1) is 12.4 Å². The van der Waals surface area contributed by atoms with Crippen molar-refractivity contribution in [3.05, 3.63) is 110 Å². The maximum absolute atomic E-state index is 11.9. The van der Waals surface area contributed by atoms with Crippen molar-refractivity contribution in [2.75, 3.05) is 67.8 Å². The number of esters is 3. The topological polar surface area (TPSA) is 261 Å². The number of hydrogen-bond donors (Lipinski definition) is 2. The number of carbonyl (C=O) groups excluding carboxylic acids is 6. The number of carbonyl (C=O) groups is 6. The van der Waals surface area contributed by atoms with Gasteiger partial charge in [0.15, 0.2) is 0 Å². The van der Waals surface area contributed by atoms with Crippen molar-refractivity contribution < 1.29 is 52.8 Å². The average molecular weight is 830 g/mol. The number of hydrogen-bond acceptors (Lipinski definition) is 15. The van der Waals surface area contributed by atoms with Crippen molar-refractivity contribution in [2.45, 2.75) is 13.8 Å². The number of likely N-dealkylation sites (N-methyl/N-ethyl adjacent to an activating group) is 3. The molecule has 0 saturated heterocycles. The summed E-state index contributed by atoms with van der Waals surface area (Å²) in [7, 11) is 8.49. The quantitative estimate of drug-likeness (QED) is 0.0687. The van der Waals surface area contributed by atoms with Crippen molar-refractivity contribution >= 4 is 76.0 Å². The van der Waals surface area contributed by atoms with Crippen LogP contribution in [-0.2, 0) is 28.6 Å². The highest BCUT2D eigenvalue weighted by molar-refractivity contribution is 6.67. The summed E-state index contributed by atoms with van der Waals surface area (Å²) in [6, 6.07) is 17.2. The lowest BCUT2D eigenvalue weighted by Gasteiger charge is -2.15. The number of nitro benzene ring substituents is 2. The number of nitrogens with one attached hydrogen (secondary N) is 1. The molecule has 0 aliphatic heterocycles. The molecule has 0 fully saturated rings. The van der Waals surface area contributed by atoms with Crippen molar-refractivity contribution in [1.29, 1.82) is 0 Å². The molecule has 0 atom stereocenters. The molecule has 0 bridgehead atoms. The molecule has 3 aromatic carbocycles. The maximum Gasteiger partial charge on any atom is 0.325 e. The highest BCUT2D eigenvalue weighted by Gasteiger charge is 2.18. The minimum Gasteiger partial charge on any atom is -0.468 e. The molecule has 3 aromatic rings. The van der Waals surface area contributed by atoms with Gasteiger partial charge in [0, 0.05) is 60.7 Å². The normalized spacial score (nSPS) is 9.02. The molecule has 19 nitrogen and oxygen atoms in total. The van der Waals surface area contributed by atoms with Gasteiger partial charge in [0.2, 0.25) is 0 Å². The van der Waals surface area contributed by atoms with Gasteiger partial charge in [0.25, 0.3) is 28.4 Å². The van der Waals surface area contributed by atoms with E-state index in [1.807, 2.05) is 13.8 Å². The van der Waals surface area contributed by atoms with E-state index in [0.717, 1.165) is 17.0 Å². The summed E-state index contributed by atoms with van der Waals surface area (Å²) in [5.41, 5.74) is 6.49. The molecule has 0 aromatic heterocycles. The summed E-state index contributed by atoms with van der Waals surface area (Å²) < 4.78 is 13.2. The summed E-state index contributed by atoms with van der Waals surface area (Å²) in [4.78, 5) is 88.4. The van der Waals surface area contributed by atoms with E-state index in [4.69, 9.17) is 17.3 Å². The summed E-state index contributed by atoms with van der Waals surface area (Å²) in [6.45, 7) is 4.00. The number of anilines is 1. The lowest BCUT2D eigenvalue weighted by Crippen LogP contribution is -2.32. The molecule has 2 amide bonds. The second-order valence-electron chi connectivity index (χ2n) is 10.1. The smallest absolute Gasteiger partial charge is 0.325 e. The fourth-order valence-corrected chi connectivity index (χ4v) is 3.60. The summed E-state index contributed by atoms with van der Waals surface area (Å²) in [5.74, 6) is -2.00. The van der Waals surface area contributed by atoms with Crippen LogP contribution in [0, 0.1) is 20.2 Å². The van der Waals surface area contributed by atoms with Gasteiger partial charge in [0.1, 0.15) is 13.1 Å². The van der Waals surface area contributed by atoms with Crippen LogP contribution in [0.3, 0.4) is 0 Å². The summed E-state index contributed by atoms with van der Waals surface area (Å²) in [6.07, 6.45) is 0. The van der Waals surface area contributed by atoms with Crippen molar-refractivity contribution in [2.24, 2.45) is 0 Å². The number of benzene rings is 3. The third kappa shape index (κ3) is 22.1. The number of nitrogens with zero attached hydrogens (tertiary/aromatic N) is 4. The van der Waals surface area contributed by atoms with Gasteiger partial charge in [0.05, 0.1) is 37.7 Å². The maximum atomic E-state index is 11.9. The third-order valence-electron chi connectivity index (χ3n) is 6.15. The number of nitrogens with two attached hydrogens (primary N) is 1. The van der Waals surface area contributed by atoms with Crippen LogP contribution < -0.4 is 11.1 Å². The Kier molecular flexibility index (Phi) is 29.2. The van der Waals surface area contributed by atoms with E-state index in [1.165, 1.54) is 76.7 Å². The molecule has 0 radical (unpaired) electrons. The average Bonchev–Trinajstić information content (AvgIpc) is 3.18. The second-order valence-corrected chi connectivity index (χ2v) is 10.4. The first-order valence-corrected chi connectivity index (χ1v) is 16.2. The van der Waals surface area contributed by atoms with Crippen LogP contribution in [0.15, 0.2) is 72.8 Å². The summed E-state index contributed by atoms with van der Waals surface area (Å²) >= 11 is 5.12. The van der Waals surface area contributed by atoms with E-state index in [2.05, 4.69) is 19.5 Å². The van der Waals surface area contributed by atoms with Crippen molar-refractivity contribution in [1.82, 2.24) is 15.1 Å². The predicted molar refractivity (Wildman–Crippen MR) is 210 cm³/mol. The first-order valence-electron chi connectivity index (χ1n) is 15.8. The molecule has 0 aliphatic carbocycles. The van der Waals surface area contributed by atoms with Crippen LogP contribution in [0.25, 0.3) is 0 Å². The van der Waals surface area contributed by atoms with Gasteiger partial charge in [-0.05, 0) is 49.0 Å². The monoisotopic (exact) mass is 828 g/mol. The standard InChI is InChI=1S/C11H12N2O5.C11H14N2O3.C7H4ClNO3.C4H9NO2.C2H6.ClH/c1-12(7-10(14)18-2)11(15)8-4-3-5-9(6-8)13(16)17;1-13(7-10(14)16-2)11(15)8-4-3-5-9(12)6-8;8-7(10)5-2-1-3-6(4-5)9(11)12;1-5-3-4(6)7-2;1-2;/h3-6H,7H2,1-2H3;3-6H,7,12H2,1-2H3;1-4H;5H,3H2,1-2H3;1-2H3;1H. The fraction of sp³-hybridized carbons (Fsp3) is 0.314. The minimum atomic E-state index is -0.696. The first kappa shape index (κ1) is 54.2. The van der Waals surface area contributed by atoms with Gasteiger partial charge < -0.3 is 35.1 Å². The Morgan fingerprint density at radius 1 is 0.679 bits per heavy atom. The lowest BCUT2D eigenvalue weighted by molar-refractivity contribution is -0.385. The molecule has 56 heavy (non-hydrogen) atoms. The second kappa shape index (κ2) is 30.2. The lowest BCUT2D eigenvalue weighted by atomic mass is 10.2. The number of amides is 2. The van der Waals surface area contributed by atoms with E-state index >= 15 is 0 Å². The van der Waals surface area contributed by atoms with Gasteiger partial charge in [-0.3, -0.25) is 49.0 Å². The molecule has 21 heteroatoms. The molecule has 3 rings (SSSR count). The van der Waals surface area contributed by atoms with E-state index in [9.17, 15) is 49.0 Å². The predicted octanol–water partition coefficient (Wildman–Crippen LogP) is 4.15. The number of nitrogen functional groups attached to an aromatic ring is 1. The highest BCUT2D eigenvalue weighted by Crippen LogP contribution is 2.15. The minimum absolute atomic E-state index is 0. The van der Waals surface area contributed by atoms with Crippen LogP contribution in [0.1, 0.15) is 44.9 Å². The molecule has 3 N–H and O–H groups in total. The van der Waals surface area contributed by atoms with Gasteiger partial charge in [-0.1, -0.05) is 32.0 Å². The molecule has 0 unspecified atom stereocenters. The molecule has 0 saturated carbocycles. The van der Waals surface area contributed by atoms with E-state index in [0.29, 0.717) is 11.3 Å². The van der Waals surface area contributed by atoms with E-state index < -0.39 is 32.9 Å². The zero-order chi connectivity index (χ0) is 42.7. The first-order chi connectivity index (χ1) is 25.9. The molecular formula is C35H46Cl2N6O13. The van der Waals surface area contributed by atoms with Crippen LogP contribution in [0.5, 0.6) is 0 Å². The Labute approximate surface area is 334 Å². The molecular weight excluding hydrogens is 783 g/mol. The largest absolute Gasteiger partial charge is 0.468 e. The van der Waals surface area contributed by atoms with Crippen LogP contribution in [0.2, 0.25) is 0 Å². The third-order valence-corrected chi connectivity index (χ3v) is 6.37. The highest BCUT2D eigenvalue weighted by atomic mass is 35.5. The van der Waals surface area contributed by atoms with Gasteiger partial charge >= 0.3 is 17.9 Å². The van der Waals surface area contributed by atoms with E-state index in [1.54, 1.807) is 31.3 Å². The molecule has 308 valence electrons.